The average Bonchev–Trinajstić information content (AvgIpc) is 3.22. The summed E-state index contributed by atoms with van der Waals surface area (Å²) in [4.78, 5) is 17.7. The summed E-state index contributed by atoms with van der Waals surface area (Å²) in [7, 11) is 0. The first-order chi connectivity index (χ1) is 14.4. The SMILES string of the molecule is C=CCn1c(COc2ccc(C)cc2C)nnc1SCC(=O)Nc1nc(C)c(C)s1. The molecule has 158 valence electrons. The van der Waals surface area contributed by atoms with Crippen LogP contribution in [0.25, 0.3) is 0 Å². The van der Waals surface area contributed by atoms with E-state index in [1.165, 1.54) is 28.7 Å². The molecule has 1 N–H and O–H groups in total. The van der Waals surface area contributed by atoms with Crippen molar-refractivity contribution < 1.29 is 9.53 Å². The smallest absolute Gasteiger partial charge is 0.236 e. The Bertz CT molecular complexity index is 1040. The Morgan fingerprint density at radius 2 is 2.10 bits per heavy atom. The topological polar surface area (TPSA) is 81.9 Å². The highest BCUT2D eigenvalue weighted by Crippen LogP contribution is 2.23. The van der Waals surface area contributed by atoms with Gasteiger partial charge in [0.1, 0.15) is 12.4 Å². The molecule has 0 radical (unpaired) electrons. The largest absolute Gasteiger partial charge is 0.485 e. The molecular weight excluding hydrogens is 418 g/mol. The van der Waals surface area contributed by atoms with E-state index in [9.17, 15) is 4.79 Å². The van der Waals surface area contributed by atoms with Gasteiger partial charge >= 0.3 is 0 Å². The van der Waals surface area contributed by atoms with Gasteiger partial charge in [0, 0.05) is 11.4 Å². The summed E-state index contributed by atoms with van der Waals surface area (Å²) in [6.45, 7) is 12.6. The van der Waals surface area contributed by atoms with E-state index < -0.39 is 0 Å². The van der Waals surface area contributed by atoms with Gasteiger partial charge in [-0.2, -0.15) is 0 Å². The minimum atomic E-state index is -0.130. The van der Waals surface area contributed by atoms with Crippen molar-refractivity contribution in [2.24, 2.45) is 0 Å². The number of ether oxygens (including phenoxy) is 1. The fraction of sp³-hybridized carbons (Fsp3) is 0.333. The second-order valence-corrected chi connectivity index (χ2v) is 9.00. The highest BCUT2D eigenvalue weighted by molar-refractivity contribution is 7.99. The number of thioether (sulfide) groups is 1. The Balaban J connectivity index is 1.63. The van der Waals surface area contributed by atoms with Gasteiger partial charge in [-0.25, -0.2) is 4.98 Å². The summed E-state index contributed by atoms with van der Waals surface area (Å²) in [5.74, 6) is 1.58. The van der Waals surface area contributed by atoms with Crippen LogP contribution in [0.4, 0.5) is 5.13 Å². The number of allylic oxidation sites excluding steroid dienone is 1. The molecule has 3 rings (SSSR count). The number of hydrogen-bond acceptors (Lipinski definition) is 7. The Hall–Kier alpha value is -2.65. The van der Waals surface area contributed by atoms with Crippen molar-refractivity contribution in [2.75, 3.05) is 11.1 Å². The number of amides is 1. The number of carbonyl (C=O) groups excluding carboxylic acids is 1. The lowest BCUT2D eigenvalue weighted by Gasteiger charge is -2.11. The first-order valence-corrected chi connectivity index (χ1v) is 11.3. The molecule has 0 aliphatic heterocycles. The molecule has 0 aliphatic carbocycles. The number of carbonyl (C=O) groups is 1. The number of aromatic nitrogens is 4. The van der Waals surface area contributed by atoms with E-state index in [0.717, 1.165) is 21.9 Å². The highest BCUT2D eigenvalue weighted by atomic mass is 32.2. The molecule has 0 unspecified atom stereocenters. The number of rotatable bonds is 9. The van der Waals surface area contributed by atoms with Crippen LogP contribution in [-0.4, -0.2) is 31.4 Å². The third kappa shape index (κ3) is 5.48. The molecular formula is C21H25N5O2S2. The van der Waals surface area contributed by atoms with Crippen LogP contribution in [0.5, 0.6) is 5.75 Å². The van der Waals surface area contributed by atoms with E-state index >= 15 is 0 Å². The Morgan fingerprint density at radius 1 is 1.30 bits per heavy atom. The molecule has 0 bridgehead atoms. The van der Waals surface area contributed by atoms with Crippen LogP contribution in [0, 0.1) is 27.7 Å². The molecule has 0 atom stereocenters. The van der Waals surface area contributed by atoms with E-state index in [1.807, 2.05) is 44.4 Å². The maximum atomic E-state index is 12.3. The van der Waals surface area contributed by atoms with Gasteiger partial charge in [0.2, 0.25) is 5.91 Å². The third-order valence-corrected chi connectivity index (χ3v) is 6.35. The second-order valence-electron chi connectivity index (χ2n) is 6.85. The van der Waals surface area contributed by atoms with E-state index in [-0.39, 0.29) is 18.3 Å². The van der Waals surface area contributed by atoms with Gasteiger partial charge in [0.05, 0.1) is 11.4 Å². The standard InChI is InChI=1S/C21H25N5O2S2/c1-6-9-26-18(11-28-17-8-7-13(2)10-14(17)3)24-25-21(26)29-12-19(27)23-20-22-15(4)16(5)30-20/h6-8,10H,1,9,11-12H2,2-5H3,(H,22,23,27). The molecule has 1 aromatic carbocycles. The molecule has 0 fully saturated rings. The van der Waals surface area contributed by atoms with Crippen LogP contribution in [0.3, 0.4) is 0 Å². The quantitative estimate of drug-likeness (QED) is 0.388. The summed E-state index contributed by atoms with van der Waals surface area (Å²) in [6.07, 6.45) is 1.77. The number of thiazole rings is 1. The maximum Gasteiger partial charge on any atom is 0.236 e. The Labute approximate surface area is 184 Å². The van der Waals surface area contributed by atoms with Gasteiger partial charge in [-0.05, 0) is 39.3 Å². The summed E-state index contributed by atoms with van der Waals surface area (Å²) in [6, 6.07) is 6.05. The lowest BCUT2D eigenvalue weighted by Crippen LogP contribution is -2.15. The summed E-state index contributed by atoms with van der Waals surface area (Å²) >= 11 is 2.79. The lowest BCUT2D eigenvalue weighted by molar-refractivity contribution is -0.113. The van der Waals surface area contributed by atoms with Crippen molar-refractivity contribution in [1.82, 2.24) is 19.7 Å². The summed E-state index contributed by atoms with van der Waals surface area (Å²) in [5.41, 5.74) is 3.19. The monoisotopic (exact) mass is 443 g/mol. The van der Waals surface area contributed by atoms with Crippen molar-refractivity contribution in [1.29, 1.82) is 0 Å². The van der Waals surface area contributed by atoms with E-state index in [1.54, 1.807) is 6.08 Å². The van der Waals surface area contributed by atoms with Crippen LogP contribution < -0.4 is 10.1 Å². The van der Waals surface area contributed by atoms with Crippen LogP contribution in [0.2, 0.25) is 0 Å². The minimum absolute atomic E-state index is 0.130. The second kappa shape index (κ2) is 9.90. The maximum absolute atomic E-state index is 12.3. The molecule has 30 heavy (non-hydrogen) atoms. The van der Waals surface area contributed by atoms with Crippen LogP contribution in [0.15, 0.2) is 36.0 Å². The van der Waals surface area contributed by atoms with Crippen molar-refractivity contribution in [3.05, 3.63) is 58.4 Å². The number of aryl methyl sites for hydroxylation is 4. The summed E-state index contributed by atoms with van der Waals surface area (Å²) < 4.78 is 7.85. The minimum Gasteiger partial charge on any atom is -0.485 e. The zero-order valence-corrected chi connectivity index (χ0v) is 19.2. The Kier molecular flexibility index (Phi) is 7.28. The van der Waals surface area contributed by atoms with Crippen LogP contribution in [-0.2, 0) is 17.9 Å². The van der Waals surface area contributed by atoms with Crippen LogP contribution >= 0.6 is 23.1 Å². The molecule has 2 aromatic heterocycles. The summed E-state index contributed by atoms with van der Waals surface area (Å²) in [5, 5.41) is 12.6. The number of anilines is 1. The first kappa shape index (κ1) is 22.0. The number of hydrogen-bond donors (Lipinski definition) is 1. The van der Waals surface area contributed by atoms with Gasteiger partial charge in [-0.15, -0.1) is 28.1 Å². The van der Waals surface area contributed by atoms with Gasteiger partial charge in [0.25, 0.3) is 0 Å². The lowest BCUT2D eigenvalue weighted by atomic mass is 10.1. The molecule has 0 saturated carbocycles. The molecule has 2 heterocycles. The molecule has 3 aromatic rings. The predicted octanol–water partition coefficient (Wildman–Crippen LogP) is 4.46. The third-order valence-electron chi connectivity index (χ3n) is 4.40. The van der Waals surface area contributed by atoms with E-state index in [4.69, 9.17) is 4.74 Å². The van der Waals surface area contributed by atoms with Crippen LogP contribution in [0.1, 0.15) is 27.5 Å². The van der Waals surface area contributed by atoms with Crippen molar-refractivity contribution in [2.45, 2.75) is 46.0 Å². The van der Waals surface area contributed by atoms with E-state index in [2.05, 4.69) is 33.1 Å². The molecule has 1 amide bonds. The van der Waals surface area contributed by atoms with Crippen molar-refractivity contribution in [3.63, 3.8) is 0 Å². The average molecular weight is 444 g/mol. The van der Waals surface area contributed by atoms with Gasteiger partial charge < -0.3 is 10.1 Å². The normalized spacial score (nSPS) is 10.8. The zero-order chi connectivity index (χ0) is 21.7. The molecule has 7 nitrogen and oxygen atoms in total. The first-order valence-electron chi connectivity index (χ1n) is 9.47. The number of nitrogens with one attached hydrogen (secondary N) is 1. The zero-order valence-electron chi connectivity index (χ0n) is 17.6. The van der Waals surface area contributed by atoms with Gasteiger partial charge in [0.15, 0.2) is 16.1 Å². The number of benzene rings is 1. The van der Waals surface area contributed by atoms with Crippen molar-refractivity contribution >= 4 is 34.1 Å². The predicted molar refractivity (Wildman–Crippen MR) is 121 cm³/mol. The molecule has 9 heteroatoms. The van der Waals surface area contributed by atoms with Gasteiger partial charge in [-0.3, -0.25) is 9.36 Å². The fourth-order valence-corrected chi connectivity index (χ4v) is 4.36. The fourth-order valence-electron chi connectivity index (χ4n) is 2.76. The number of nitrogens with zero attached hydrogens (tertiary/aromatic N) is 4. The molecule has 0 aliphatic rings. The highest BCUT2D eigenvalue weighted by Gasteiger charge is 2.15. The van der Waals surface area contributed by atoms with Gasteiger partial charge in [-0.1, -0.05) is 35.5 Å². The van der Waals surface area contributed by atoms with Crippen molar-refractivity contribution in [3.8, 4) is 5.75 Å². The molecule has 0 spiro atoms. The molecule has 0 saturated heterocycles. The Morgan fingerprint density at radius 3 is 2.77 bits per heavy atom. The van der Waals surface area contributed by atoms with E-state index in [0.29, 0.717) is 22.7 Å².